The minimum Gasteiger partial charge on any atom is -0.0654 e. The summed E-state index contributed by atoms with van der Waals surface area (Å²) in [6, 6.07) is 17.3. The normalized spacial score (nSPS) is 10.0. The van der Waals surface area contributed by atoms with Crippen LogP contribution in [0.25, 0.3) is 0 Å². The molecular weight excluding hydrogens is 252 g/mol. The summed E-state index contributed by atoms with van der Waals surface area (Å²) in [6.07, 6.45) is 6.01. The van der Waals surface area contributed by atoms with Crippen molar-refractivity contribution in [3.63, 3.8) is 0 Å². The molecule has 0 N–H and O–H groups in total. The summed E-state index contributed by atoms with van der Waals surface area (Å²) in [4.78, 5) is 0. The maximum absolute atomic E-state index is 3.25. The molecule has 0 aliphatic carbocycles. The third-order valence-corrected chi connectivity index (χ3v) is 3.62. The van der Waals surface area contributed by atoms with Gasteiger partial charge in [-0.3, -0.25) is 0 Å². The molecule has 0 aliphatic heterocycles. The van der Waals surface area contributed by atoms with Crippen molar-refractivity contribution in [1.82, 2.24) is 0 Å². The van der Waals surface area contributed by atoms with Crippen LogP contribution in [-0.4, -0.2) is 0 Å². The molecule has 0 saturated carbocycles. The number of rotatable bonds is 5. The number of benzene rings is 2. The van der Waals surface area contributed by atoms with Gasteiger partial charge in [-0.15, -0.1) is 0 Å². The highest BCUT2D eigenvalue weighted by atomic mass is 14.0. The fourth-order valence-corrected chi connectivity index (χ4v) is 2.32. The number of hydrogen-bond donors (Lipinski definition) is 0. The highest BCUT2D eigenvalue weighted by Gasteiger charge is 1.93. The quantitative estimate of drug-likeness (QED) is 0.643. The van der Waals surface area contributed by atoms with Crippen LogP contribution in [0.4, 0.5) is 0 Å². The molecule has 0 spiro atoms. The molecule has 0 radical (unpaired) electrons. The molecule has 0 unspecified atom stereocenters. The Kier molecular flexibility index (Phi) is 6.10. The van der Waals surface area contributed by atoms with Gasteiger partial charge in [0.15, 0.2) is 0 Å². The van der Waals surface area contributed by atoms with Crippen LogP contribution in [0.15, 0.2) is 48.5 Å². The van der Waals surface area contributed by atoms with Gasteiger partial charge in [-0.1, -0.05) is 62.8 Å². The molecule has 0 nitrogen and oxygen atoms in total. The Bertz CT molecular complexity index is 591. The first-order valence-electron chi connectivity index (χ1n) is 8.01. The molecule has 0 heterocycles. The van der Waals surface area contributed by atoms with Gasteiger partial charge < -0.3 is 0 Å². The molecule has 108 valence electrons. The van der Waals surface area contributed by atoms with E-state index in [0.717, 1.165) is 17.5 Å². The molecule has 2 aromatic carbocycles. The lowest BCUT2D eigenvalue weighted by Gasteiger charge is -1.99. The van der Waals surface area contributed by atoms with Crippen LogP contribution in [-0.2, 0) is 12.8 Å². The fraction of sp³-hybridized carbons (Fsp3) is 0.333. The van der Waals surface area contributed by atoms with Crippen molar-refractivity contribution >= 4 is 0 Å². The van der Waals surface area contributed by atoms with Crippen LogP contribution in [0, 0.1) is 11.8 Å². The summed E-state index contributed by atoms with van der Waals surface area (Å²) < 4.78 is 0. The lowest BCUT2D eigenvalue weighted by atomic mass is 10.1. The summed E-state index contributed by atoms with van der Waals surface area (Å²) in [5.74, 6) is 6.49. The zero-order valence-electron chi connectivity index (χ0n) is 13.2. The second-order valence-corrected chi connectivity index (χ2v) is 5.50. The van der Waals surface area contributed by atoms with Gasteiger partial charge in [-0.05, 0) is 54.7 Å². The van der Waals surface area contributed by atoms with Gasteiger partial charge in [-0.25, -0.2) is 0 Å². The summed E-state index contributed by atoms with van der Waals surface area (Å²) >= 11 is 0. The monoisotopic (exact) mass is 276 g/mol. The Morgan fingerprint density at radius 1 is 0.619 bits per heavy atom. The highest BCUT2D eigenvalue weighted by molar-refractivity contribution is 5.44. The van der Waals surface area contributed by atoms with Gasteiger partial charge in [0, 0.05) is 11.1 Å². The standard InChI is InChI=1S/C21H24/c1-3-5-7-19-10-14-21(15-11-19)17-16-20-12-8-18(6-4-2)9-13-20/h8-15H,3-7H2,1-2H3. The molecule has 0 aromatic heterocycles. The Morgan fingerprint density at radius 2 is 1.10 bits per heavy atom. The van der Waals surface area contributed by atoms with Gasteiger partial charge in [-0.2, -0.15) is 0 Å². The molecule has 0 bridgehead atoms. The van der Waals surface area contributed by atoms with Crippen LogP contribution in [0.2, 0.25) is 0 Å². The van der Waals surface area contributed by atoms with Crippen LogP contribution >= 0.6 is 0 Å². The molecule has 0 atom stereocenters. The molecule has 0 heteroatoms. The summed E-state index contributed by atoms with van der Waals surface area (Å²) in [6.45, 7) is 4.43. The molecule has 0 saturated heterocycles. The fourth-order valence-electron chi connectivity index (χ4n) is 2.32. The lowest BCUT2D eigenvalue weighted by Crippen LogP contribution is -1.85. The van der Waals surface area contributed by atoms with E-state index in [1.54, 1.807) is 0 Å². The van der Waals surface area contributed by atoms with E-state index in [0.29, 0.717) is 0 Å². The van der Waals surface area contributed by atoms with Crippen LogP contribution < -0.4 is 0 Å². The van der Waals surface area contributed by atoms with E-state index in [9.17, 15) is 0 Å². The van der Waals surface area contributed by atoms with Gasteiger partial charge >= 0.3 is 0 Å². The van der Waals surface area contributed by atoms with Crippen LogP contribution in [0.5, 0.6) is 0 Å². The largest absolute Gasteiger partial charge is 0.0654 e. The molecule has 2 aromatic rings. The first kappa shape index (κ1) is 15.4. The molecule has 21 heavy (non-hydrogen) atoms. The third-order valence-electron chi connectivity index (χ3n) is 3.62. The molecule has 2 rings (SSSR count). The van der Waals surface area contributed by atoms with Crippen LogP contribution in [0.3, 0.4) is 0 Å². The van der Waals surface area contributed by atoms with E-state index < -0.39 is 0 Å². The first-order valence-corrected chi connectivity index (χ1v) is 8.01. The van der Waals surface area contributed by atoms with E-state index in [-0.39, 0.29) is 0 Å². The number of hydrogen-bond acceptors (Lipinski definition) is 0. The van der Waals surface area contributed by atoms with E-state index in [1.165, 1.54) is 36.8 Å². The Balaban J connectivity index is 2.01. The highest BCUT2D eigenvalue weighted by Crippen LogP contribution is 2.08. The molecule has 0 fully saturated rings. The molecule has 0 amide bonds. The number of aryl methyl sites for hydroxylation is 2. The average Bonchev–Trinajstić information content (AvgIpc) is 2.53. The third kappa shape index (κ3) is 5.12. The zero-order valence-corrected chi connectivity index (χ0v) is 13.2. The average molecular weight is 276 g/mol. The summed E-state index contributed by atoms with van der Waals surface area (Å²) in [5, 5.41) is 0. The second kappa shape index (κ2) is 8.32. The number of unbranched alkanes of at least 4 members (excludes halogenated alkanes) is 1. The Labute approximate surface area is 129 Å². The summed E-state index contributed by atoms with van der Waals surface area (Å²) in [5.41, 5.74) is 4.98. The SMILES string of the molecule is CCCCc1ccc(C#Cc2ccc(CCC)cc2)cc1. The van der Waals surface area contributed by atoms with E-state index in [1.807, 2.05) is 0 Å². The maximum atomic E-state index is 3.25. The topological polar surface area (TPSA) is 0 Å². The summed E-state index contributed by atoms with van der Waals surface area (Å²) in [7, 11) is 0. The predicted molar refractivity (Wildman–Crippen MR) is 91.5 cm³/mol. The lowest BCUT2D eigenvalue weighted by molar-refractivity contribution is 0.795. The van der Waals surface area contributed by atoms with Gasteiger partial charge in [0.2, 0.25) is 0 Å². The second-order valence-electron chi connectivity index (χ2n) is 5.50. The van der Waals surface area contributed by atoms with Crippen molar-refractivity contribution in [2.75, 3.05) is 0 Å². The van der Waals surface area contributed by atoms with Crippen molar-refractivity contribution < 1.29 is 0 Å². The van der Waals surface area contributed by atoms with Crippen molar-refractivity contribution in [3.05, 3.63) is 70.8 Å². The van der Waals surface area contributed by atoms with Gasteiger partial charge in [0.25, 0.3) is 0 Å². The Hall–Kier alpha value is -2.00. The minimum absolute atomic E-state index is 1.09. The van der Waals surface area contributed by atoms with Crippen molar-refractivity contribution in [3.8, 4) is 11.8 Å². The van der Waals surface area contributed by atoms with E-state index in [4.69, 9.17) is 0 Å². The zero-order chi connectivity index (χ0) is 14.9. The Morgan fingerprint density at radius 3 is 1.52 bits per heavy atom. The molecular formula is C21H24. The van der Waals surface area contributed by atoms with E-state index >= 15 is 0 Å². The molecule has 0 aliphatic rings. The van der Waals surface area contributed by atoms with Crippen molar-refractivity contribution in [2.45, 2.75) is 46.0 Å². The van der Waals surface area contributed by atoms with Crippen LogP contribution in [0.1, 0.15) is 55.4 Å². The predicted octanol–water partition coefficient (Wildman–Crippen LogP) is 5.38. The van der Waals surface area contributed by atoms with E-state index in [2.05, 4.69) is 74.2 Å². The van der Waals surface area contributed by atoms with Crippen molar-refractivity contribution in [1.29, 1.82) is 0 Å². The maximum Gasteiger partial charge on any atom is 0.0249 e. The smallest absolute Gasteiger partial charge is 0.0249 e. The first-order chi connectivity index (χ1) is 10.3. The van der Waals surface area contributed by atoms with Gasteiger partial charge in [0.05, 0.1) is 0 Å². The van der Waals surface area contributed by atoms with Gasteiger partial charge in [0.1, 0.15) is 0 Å². The van der Waals surface area contributed by atoms with Crippen molar-refractivity contribution in [2.24, 2.45) is 0 Å². The minimum atomic E-state index is 1.09.